The van der Waals surface area contributed by atoms with Crippen molar-refractivity contribution in [1.29, 1.82) is 0 Å². The van der Waals surface area contributed by atoms with Gasteiger partial charge < -0.3 is 15.0 Å². The first-order chi connectivity index (χ1) is 15.9. The van der Waals surface area contributed by atoms with Crippen LogP contribution < -0.4 is 15.0 Å². The van der Waals surface area contributed by atoms with Crippen LogP contribution in [0.3, 0.4) is 0 Å². The molecule has 0 aliphatic carbocycles. The summed E-state index contributed by atoms with van der Waals surface area (Å²) in [5, 5.41) is 2.88. The summed E-state index contributed by atoms with van der Waals surface area (Å²) in [7, 11) is 0. The third-order valence-corrected chi connectivity index (χ3v) is 5.66. The van der Waals surface area contributed by atoms with Crippen LogP contribution in [0.4, 0.5) is 11.4 Å². The zero-order valence-electron chi connectivity index (χ0n) is 19.2. The molecular weight excluding hydrogens is 412 g/mol. The number of hydrogen-bond donors (Lipinski definition) is 1. The minimum absolute atomic E-state index is 0.00288. The van der Waals surface area contributed by atoms with Crippen molar-refractivity contribution in [1.82, 2.24) is 0 Å². The van der Waals surface area contributed by atoms with Crippen LogP contribution in [0.1, 0.15) is 42.0 Å². The van der Waals surface area contributed by atoms with Crippen LogP contribution in [-0.2, 0) is 16.1 Å². The van der Waals surface area contributed by atoms with Crippen LogP contribution in [0.5, 0.6) is 5.75 Å². The lowest BCUT2D eigenvalue weighted by Gasteiger charge is -2.30. The molecule has 168 valence electrons. The lowest BCUT2D eigenvalue weighted by atomic mass is 10.0. The third-order valence-electron chi connectivity index (χ3n) is 5.66. The molecule has 0 saturated carbocycles. The molecular formula is C28H28N2O3. The average molecular weight is 441 g/mol. The zero-order valence-corrected chi connectivity index (χ0v) is 19.2. The SMILES string of the molecule is Cc1ccc(CN2C(=O)COc3ccc(NC(=O)/C=C/c4ccc(C(C)C)cc4)cc32)cc1. The number of fused-ring (bicyclic) bond motifs is 1. The van der Waals surface area contributed by atoms with Crippen molar-refractivity contribution >= 4 is 29.3 Å². The monoisotopic (exact) mass is 440 g/mol. The maximum atomic E-state index is 12.6. The Balaban J connectivity index is 1.48. The Kier molecular flexibility index (Phi) is 6.59. The van der Waals surface area contributed by atoms with Crippen LogP contribution in [0, 0.1) is 6.92 Å². The first-order valence-corrected chi connectivity index (χ1v) is 11.1. The highest BCUT2D eigenvalue weighted by Crippen LogP contribution is 2.35. The molecule has 0 aromatic heterocycles. The largest absolute Gasteiger partial charge is 0.482 e. The molecule has 0 radical (unpaired) electrons. The van der Waals surface area contributed by atoms with Gasteiger partial charge in [-0.05, 0) is 53.8 Å². The highest BCUT2D eigenvalue weighted by atomic mass is 16.5. The fourth-order valence-electron chi connectivity index (χ4n) is 3.68. The molecule has 0 spiro atoms. The first-order valence-electron chi connectivity index (χ1n) is 11.1. The lowest BCUT2D eigenvalue weighted by Crippen LogP contribution is -2.38. The smallest absolute Gasteiger partial charge is 0.265 e. The van der Waals surface area contributed by atoms with Crippen molar-refractivity contribution in [3.63, 3.8) is 0 Å². The van der Waals surface area contributed by atoms with E-state index in [1.165, 1.54) is 17.2 Å². The van der Waals surface area contributed by atoms with Crippen molar-refractivity contribution in [3.8, 4) is 5.75 Å². The maximum Gasteiger partial charge on any atom is 0.265 e. The van der Waals surface area contributed by atoms with Crippen LogP contribution in [0.25, 0.3) is 6.08 Å². The van der Waals surface area contributed by atoms with Gasteiger partial charge in [0.1, 0.15) is 5.75 Å². The van der Waals surface area contributed by atoms with Gasteiger partial charge >= 0.3 is 0 Å². The van der Waals surface area contributed by atoms with Gasteiger partial charge in [0.2, 0.25) is 5.91 Å². The molecule has 5 nitrogen and oxygen atoms in total. The van der Waals surface area contributed by atoms with Crippen LogP contribution in [0.15, 0.2) is 72.8 Å². The van der Waals surface area contributed by atoms with Gasteiger partial charge in [0.25, 0.3) is 5.91 Å². The van der Waals surface area contributed by atoms with E-state index in [2.05, 4.69) is 31.3 Å². The van der Waals surface area contributed by atoms with Gasteiger partial charge in [-0.25, -0.2) is 0 Å². The maximum absolute atomic E-state index is 12.6. The van der Waals surface area contributed by atoms with Crippen LogP contribution in [0.2, 0.25) is 0 Å². The van der Waals surface area contributed by atoms with Gasteiger partial charge in [-0.1, -0.05) is 67.9 Å². The lowest BCUT2D eigenvalue weighted by molar-refractivity contribution is -0.121. The highest BCUT2D eigenvalue weighted by molar-refractivity contribution is 6.03. The molecule has 0 fully saturated rings. The van der Waals surface area contributed by atoms with Gasteiger partial charge in [0.15, 0.2) is 6.61 Å². The molecule has 0 atom stereocenters. The van der Waals surface area contributed by atoms with Gasteiger partial charge in [-0.15, -0.1) is 0 Å². The fraction of sp³-hybridized carbons (Fsp3) is 0.214. The Morgan fingerprint density at radius 3 is 2.48 bits per heavy atom. The summed E-state index contributed by atoms with van der Waals surface area (Å²) in [5.74, 6) is 0.740. The molecule has 33 heavy (non-hydrogen) atoms. The standard InChI is InChI=1S/C28H28N2O3/c1-19(2)23-11-8-21(9-12-23)10-15-27(31)29-24-13-14-26-25(16-24)30(28(32)18-33-26)17-22-6-4-20(3)5-7-22/h4-16,19H,17-18H2,1-3H3,(H,29,31)/b15-10+. The number of hydrogen-bond acceptors (Lipinski definition) is 3. The molecule has 1 aliphatic rings. The summed E-state index contributed by atoms with van der Waals surface area (Å²) >= 11 is 0. The van der Waals surface area contributed by atoms with E-state index in [0.717, 1.165) is 11.1 Å². The van der Waals surface area contributed by atoms with E-state index in [1.54, 1.807) is 29.2 Å². The van der Waals surface area contributed by atoms with Crippen molar-refractivity contribution in [3.05, 3.63) is 95.1 Å². The summed E-state index contributed by atoms with van der Waals surface area (Å²) in [6, 6.07) is 21.6. The minimum Gasteiger partial charge on any atom is -0.482 e. The molecule has 0 saturated heterocycles. The van der Waals surface area contributed by atoms with Crippen molar-refractivity contribution < 1.29 is 14.3 Å². The van der Waals surface area contributed by atoms with E-state index in [1.807, 2.05) is 43.3 Å². The van der Waals surface area contributed by atoms with Crippen LogP contribution in [-0.4, -0.2) is 18.4 Å². The van der Waals surface area contributed by atoms with E-state index >= 15 is 0 Å². The quantitative estimate of drug-likeness (QED) is 0.501. The summed E-state index contributed by atoms with van der Waals surface area (Å²) in [5.41, 5.74) is 5.67. The molecule has 2 amide bonds. The van der Waals surface area contributed by atoms with Crippen molar-refractivity contribution in [2.75, 3.05) is 16.8 Å². The van der Waals surface area contributed by atoms with Crippen molar-refractivity contribution in [2.45, 2.75) is 33.2 Å². The van der Waals surface area contributed by atoms with Gasteiger partial charge in [0, 0.05) is 11.8 Å². The van der Waals surface area contributed by atoms with E-state index in [4.69, 9.17) is 4.74 Å². The molecule has 1 heterocycles. The predicted octanol–water partition coefficient (Wildman–Crippen LogP) is 5.70. The van der Waals surface area contributed by atoms with E-state index in [0.29, 0.717) is 29.6 Å². The fourth-order valence-corrected chi connectivity index (χ4v) is 3.68. The van der Waals surface area contributed by atoms with Gasteiger partial charge in [-0.3, -0.25) is 9.59 Å². The summed E-state index contributed by atoms with van der Waals surface area (Å²) in [6.07, 6.45) is 3.30. The second-order valence-electron chi connectivity index (χ2n) is 8.58. The average Bonchev–Trinajstić information content (AvgIpc) is 2.81. The number of amides is 2. The summed E-state index contributed by atoms with van der Waals surface area (Å²) < 4.78 is 5.60. The summed E-state index contributed by atoms with van der Waals surface area (Å²) in [6.45, 7) is 6.78. The number of nitrogens with one attached hydrogen (secondary N) is 1. The summed E-state index contributed by atoms with van der Waals surface area (Å²) in [4.78, 5) is 26.8. The van der Waals surface area contributed by atoms with Gasteiger partial charge in [0.05, 0.1) is 12.2 Å². The second kappa shape index (κ2) is 9.74. The van der Waals surface area contributed by atoms with E-state index in [-0.39, 0.29) is 18.4 Å². The molecule has 5 heteroatoms. The number of rotatable bonds is 6. The Bertz CT molecular complexity index is 1180. The van der Waals surface area contributed by atoms with Crippen molar-refractivity contribution in [2.24, 2.45) is 0 Å². The molecule has 3 aromatic rings. The predicted molar refractivity (Wildman–Crippen MR) is 133 cm³/mol. The molecule has 1 N–H and O–H groups in total. The Morgan fingerprint density at radius 2 is 1.79 bits per heavy atom. The molecule has 0 bridgehead atoms. The number of benzene rings is 3. The number of nitrogens with zero attached hydrogens (tertiary/aromatic N) is 1. The second-order valence-corrected chi connectivity index (χ2v) is 8.58. The minimum atomic E-state index is -0.240. The van der Waals surface area contributed by atoms with Crippen LogP contribution >= 0.6 is 0 Å². The van der Waals surface area contributed by atoms with E-state index < -0.39 is 0 Å². The number of aryl methyl sites for hydroxylation is 1. The number of anilines is 2. The van der Waals surface area contributed by atoms with Gasteiger partial charge in [-0.2, -0.15) is 0 Å². The molecule has 0 unspecified atom stereocenters. The van der Waals surface area contributed by atoms with E-state index in [9.17, 15) is 9.59 Å². The number of ether oxygens (including phenoxy) is 1. The topological polar surface area (TPSA) is 58.6 Å². The Hall–Kier alpha value is -3.86. The Labute approximate surface area is 194 Å². The number of carbonyl (C=O) groups is 2. The normalized spacial score (nSPS) is 13.2. The molecule has 1 aliphatic heterocycles. The highest BCUT2D eigenvalue weighted by Gasteiger charge is 2.26. The Morgan fingerprint density at radius 1 is 1.06 bits per heavy atom. The molecule has 4 rings (SSSR count). The number of carbonyl (C=O) groups excluding carboxylic acids is 2. The zero-order chi connectivity index (χ0) is 23.4. The third kappa shape index (κ3) is 5.50. The first kappa shape index (κ1) is 22.3. The molecule has 3 aromatic carbocycles.